The normalized spacial score (nSPS) is 10.1. The number of hydrogen-bond acceptors (Lipinski definition) is 2. The van der Waals surface area contributed by atoms with Crippen LogP contribution in [0.25, 0.3) is 0 Å². The van der Waals surface area contributed by atoms with Crippen molar-refractivity contribution in [2.75, 3.05) is 12.5 Å². The third-order valence-corrected chi connectivity index (χ3v) is 2.73. The first kappa shape index (κ1) is 8.94. The molecule has 0 spiro atoms. The molecular weight excluding hydrogens is 179 g/mol. The van der Waals surface area contributed by atoms with Crippen LogP contribution >= 0.6 is 23.5 Å². The zero-order chi connectivity index (χ0) is 8.27. The molecule has 1 rings (SSSR count). The average molecular weight is 188 g/mol. The molecule has 0 fully saturated rings. The minimum Gasteiger partial charge on any atom is -0.207 e. The fraction of sp³-hybridized carbons (Fsp3) is 0.250. The number of benzene rings is 1. The lowest BCUT2D eigenvalue weighted by Crippen LogP contribution is -1.78. The smallest absolute Gasteiger partial charge is 0.125 e. The second-order valence-electron chi connectivity index (χ2n) is 2.03. The summed E-state index contributed by atoms with van der Waals surface area (Å²) in [5.74, 6) is -0.152. The average Bonchev–Trinajstić information content (AvgIpc) is 2.03. The molecule has 0 bridgehead atoms. The van der Waals surface area contributed by atoms with E-state index >= 15 is 0 Å². The highest BCUT2D eigenvalue weighted by atomic mass is 32.2. The van der Waals surface area contributed by atoms with Crippen molar-refractivity contribution in [3.63, 3.8) is 0 Å². The number of thioether (sulfide) groups is 2. The first-order valence-electron chi connectivity index (χ1n) is 3.15. The summed E-state index contributed by atoms with van der Waals surface area (Å²) in [5.41, 5.74) is 0. The molecule has 0 aliphatic rings. The quantitative estimate of drug-likeness (QED) is 0.653. The van der Waals surface area contributed by atoms with Gasteiger partial charge in [-0.05, 0) is 30.7 Å². The standard InChI is InChI=1S/C8H9FS2/c1-10-7-3-6(9)4-8(5-7)11-2/h3-5H,1-2H3. The molecule has 0 atom stereocenters. The van der Waals surface area contributed by atoms with Crippen LogP contribution in [0.3, 0.4) is 0 Å². The number of halogens is 1. The summed E-state index contributed by atoms with van der Waals surface area (Å²) >= 11 is 3.12. The summed E-state index contributed by atoms with van der Waals surface area (Å²) in [7, 11) is 0. The van der Waals surface area contributed by atoms with Crippen LogP contribution in [0.4, 0.5) is 4.39 Å². The topological polar surface area (TPSA) is 0 Å². The Morgan fingerprint density at radius 1 is 1.00 bits per heavy atom. The van der Waals surface area contributed by atoms with Crippen LogP contribution in [0, 0.1) is 5.82 Å². The fourth-order valence-electron chi connectivity index (χ4n) is 0.773. The van der Waals surface area contributed by atoms with Crippen LogP contribution < -0.4 is 0 Å². The van der Waals surface area contributed by atoms with Gasteiger partial charge in [-0.25, -0.2) is 4.39 Å². The highest BCUT2D eigenvalue weighted by Crippen LogP contribution is 2.23. The lowest BCUT2D eigenvalue weighted by Gasteiger charge is -1.99. The van der Waals surface area contributed by atoms with Gasteiger partial charge in [0, 0.05) is 9.79 Å². The molecule has 0 saturated heterocycles. The van der Waals surface area contributed by atoms with Gasteiger partial charge in [-0.2, -0.15) is 0 Å². The second kappa shape index (κ2) is 4.02. The fourth-order valence-corrected chi connectivity index (χ4v) is 1.80. The molecule has 3 heteroatoms. The molecule has 0 aliphatic heterocycles. The van der Waals surface area contributed by atoms with Gasteiger partial charge >= 0.3 is 0 Å². The van der Waals surface area contributed by atoms with Gasteiger partial charge in [-0.3, -0.25) is 0 Å². The molecule has 60 valence electrons. The largest absolute Gasteiger partial charge is 0.207 e. The van der Waals surface area contributed by atoms with Gasteiger partial charge in [-0.1, -0.05) is 0 Å². The molecule has 1 aromatic rings. The summed E-state index contributed by atoms with van der Waals surface area (Å²) in [6.45, 7) is 0. The predicted octanol–water partition coefficient (Wildman–Crippen LogP) is 3.27. The number of rotatable bonds is 2. The van der Waals surface area contributed by atoms with Gasteiger partial charge in [-0.15, -0.1) is 23.5 Å². The molecule has 0 saturated carbocycles. The van der Waals surface area contributed by atoms with Gasteiger partial charge in [0.15, 0.2) is 0 Å². The number of hydrogen-bond donors (Lipinski definition) is 0. The Balaban J connectivity index is 3.02. The van der Waals surface area contributed by atoms with E-state index in [2.05, 4.69) is 0 Å². The third-order valence-electron chi connectivity index (χ3n) is 1.32. The molecule has 11 heavy (non-hydrogen) atoms. The Labute approximate surface area is 74.6 Å². The summed E-state index contributed by atoms with van der Waals surface area (Å²) in [6, 6.07) is 5.08. The van der Waals surface area contributed by atoms with E-state index in [0.717, 1.165) is 9.79 Å². The van der Waals surface area contributed by atoms with Crippen molar-refractivity contribution in [3.8, 4) is 0 Å². The van der Waals surface area contributed by atoms with Crippen molar-refractivity contribution in [3.05, 3.63) is 24.0 Å². The highest BCUT2D eigenvalue weighted by Gasteiger charge is 1.97. The van der Waals surface area contributed by atoms with Gasteiger partial charge in [0.1, 0.15) is 5.82 Å². The molecule has 0 radical (unpaired) electrons. The maximum absolute atomic E-state index is 12.8. The Kier molecular flexibility index (Phi) is 3.27. The minimum absolute atomic E-state index is 0.152. The molecular formula is C8H9FS2. The molecule has 0 aliphatic carbocycles. The predicted molar refractivity (Wildman–Crippen MR) is 50.0 cm³/mol. The molecule has 0 unspecified atom stereocenters. The van der Waals surface area contributed by atoms with Crippen LogP contribution in [-0.4, -0.2) is 12.5 Å². The van der Waals surface area contributed by atoms with E-state index in [4.69, 9.17) is 0 Å². The molecule has 0 nitrogen and oxygen atoms in total. The van der Waals surface area contributed by atoms with Crippen LogP contribution in [0.5, 0.6) is 0 Å². The van der Waals surface area contributed by atoms with Crippen molar-refractivity contribution in [2.24, 2.45) is 0 Å². The SMILES string of the molecule is CSc1cc(F)cc(SC)c1. The Morgan fingerprint density at radius 3 is 1.82 bits per heavy atom. The van der Waals surface area contributed by atoms with Gasteiger partial charge in [0.25, 0.3) is 0 Å². The maximum atomic E-state index is 12.8. The molecule has 0 heterocycles. The third kappa shape index (κ3) is 2.42. The second-order valence-corrected chi connectivity index (χ2v) is 3.79. The highest BCUT2D eigenvalue weighted by molar-refractivity contribution is 7.99. The van der Waals surface area contributed by atoms with E-state index in [9.17, 15) is 4.39 Å². The summed E-state index contributed by atoms with van der Waals surface area (Å²) < 4.78 is 12.8. The summed E-state index contributed by atoms with van der Waals surface area (Å²) in [6.07, 6.45) is 3.89. The van der Waals surface area contributed by atoms with E-state index in [1.807, 2.05) is 18.6 Å². The van der Waals surface area contributed by atoms with E-state index in [0.29, 0.717) is 0 Å². The first-order valence-corrected chi connectivity index (χ1v) is 5.60. The van der Waals surface area contributed by atoms with E-state index in [1.165, 1.54) is 0 Å². The van der Waals surface area contributed by atoms with E-state index in [1.54, 1.807) is 35.7 Å². The molecule has 1 aromatic carbocycles. The maximum Gasteiger partial charge on any atom is 0.125 e. The van der Waals surface area contributed by atoms with Crippen molar-refractivity contribution < 1.29 is 4.39 Å². The van der Waals surface area contributed by atoms with Crippen LogP contribution in [0.15, 0.2) is 28.0 Å². The van der Waals surface area contributed by atoms with Crippen LogP contribution in [0.2, 0.25) is 0 Å². The van der Waals surface area contributed by atoms with Crippen molar-refractivity contribution in [1.82, 2.24) is 0 Å². The lowest BCUT2D eigenvalue weighted by molar-refractivity contribution is 0.620. The summed E-state index contributed by atoms with van der Waals surface area (Å²) in [5, 5.41) is 0. The monoisotopic (exact) mass is 188 g/mol. The van der Waals surface area contributed by atoms with Crippen molar-refractivity contribution in [2.45, 2.75) is 9.79 Å². The Hall–Kier alpha value is -0.150. The zero-order valence-corrected chi connectivity index (χ0v) is 8.06. The van der Waals surface area contributed by atoms with Gasteiger partial charge in [0.2, 0.25) is 0 Å². The lowest BCUT2D eigenvalue weighted by atomic mass is 10.3. The van der Waals surface area contributed by atoms with Crippen molar-refractivity contribution in [1.29, 1.82) is 0 Å². The van der Waals surface area contributed by atoms with Gasteiger partial charge in [0.05, 0.1) is 0 Å². The Morgan fingerprint density at radius 2 is 1.45 bits per heavy atom. The van der Waals surface area contributed by atoms with Crippen molar-refractivity contribution >= 4 is 23.5 Å². The van der Waals surface area contributed by atoms with E-state index < -0.39 is 0 Å². The minimum atomic E-state index is -0.152. The Bertz CT molecular complexity index is 226. The summed E-state index contributed by atoms with van der Waals surface area (Å²) in [4.78, 5) is 1.96. The molecule has 0 amide bonds. The molecule has 0 N–H and O–H groups in total. The molecule has 0 aromatic heterocycles. The van der Waals surface area contributed by atoms with Crippen LogP contribution in [-0.2, 0) is 0 Å². The van der Waals surface area contributed by atoms with Gasteiger partial charge < -0.3 is 0 Å². The first-order chi connectivity index (χ1) is 5.26. The van der Waals surface area contributed by atoms with Crippen LogP contribution in [0.1, 0.15) is 0 Å². The van der Waals surface area contributed by atoms with E-state index in [-0.39, 0.29) is 5.82 Å². The zero-order valence-electron chi connectivity index (χ0n) is 6.43.